The van der Waals surface area contributed by atoms with Crippen molar-refractivity contribution in [2.24, 2.45) is 0 Å². The van der Waals surface area contributed by atoms with Gasteiger partial charge in [0.15, 0.2) is 5.82 Å². The molecule has 1 atom stereocenters. The molecule has 12 heteroatoms. The summed E-state index contributed by atoms with van der Waals surface area (Å²) in [6, 6.07) is 3.62. The summed E-state index contributed by atoms with van der Waals surface area (Å²) in [5, 5.41) is 31.9. The van der Waals surface area contributed by atoms with Crippen LogP contribution in [-0.4, -0.2) is 73.5 Å². The first kappa shape index (κ1) is 37.7. The molecule has 0 spiro atoms. The lowest BCUT2D eigenvalue weighted by molar-refractivity contribution is -0.137. The van der Waals surface area contributed by atoms with E-state index >= 15 is 0 Å². The molecule has 1 fully saturated rings. The fourth-order valence-corrected chi connectivity index (χ4v) is 4.19. The fourth-order valence-electron chi connectivity index (χ4n) is 4.19. The van der Waals surface area contributed by atoms with Crippen molar-refractivity contribution >= 4 is 12.1 Å². The zero-order chi connectivity index (χ0) is 31.6. The second-order valence-corrected chi connectivity index (χ2v) is 8.62. The first-order chi connectivity index (χ1) is 19.6. The zero-order valence-electron chi connectivity index (χ0n) is 25.4. The van der Waals surface area contributed by atoms with E-state index in [-0.39, 0.29) is 40.9 Å². The highest BCUT2D eigenvalue weighted by molar-refractivity contribution is 5.77. The Hall–Kier alpha value is -3.27. The number of benzene rings is 1. The maximum absolute atomic E-state index is 13.2. The number of hydrogen-bond acceptors (Lipinski definition) is 9. The molecular formula is C29H44F3N5O4. The number of methoxy groups -OCH3 is 2. The number of nitriles is 1. The summed E-state index contributed by atoms with van der Waals surface area (Å²) in [4.78, 5) is 12.8. The first-order valence-electron chi connectivity index (χ1n) is 13.6. The van der Waals surface area contributed by atoms with E-state index in [1.165, 1.54) is 7.11 Å². The van der Waals surface area contributed by atoms with Crippen LogP contribution in [-0.2, 0) is 27.1 Å². The van der Waals surface area contributed by atoms with Crippen molar-refractivity contribution in [3.05, 3.63) is 34.4 Å². The molecule has 0 saturated carbocycles. The minimum atomic E-state index is -4.65. The van der Waals surface area contributed by atoms with Gasteiger partial charge in [-0.15, -0.1) is 10.2 Å². The second kappa shape index (κ2) is 19.7. The van der Waals surface area contributed by atoms with Crippen LogP contribution >= 0.6 is 0 Å². The summed E-state index contributed by atoms with van der Waals surface area (Å²) in [5.41, 5.74) is -0.215. The number of aromatic nitrogens is 2. The smallest absolute Gasteiger partial charge is 0.416 e. The van der Waals surface area contributed by atoms with E-state index in [1.54, 1.807) is 21.1 Å². The third kappa shape index (κ3) is 11.3. The molecule has 0 aliphatic carbocycles. The van der Waals surface area contributed by atoms with E-state index in [2.05, 4.69) is 31.2 Å². The average Bonchev–Trinajstić information content (AvgIpc) is 2.95. The largest absolute Gasteiger partial charge is 0.507 e. The number of nitrogens with zero attached hydrogens (tertiary/aromatic N) is 4. The van der Waals surface area contributed by atoms with Gasteiger partial charge in [0.2, 0.25) is 0 Å². The number of alkyl halides is 3. The third-order valence-electron chi connectivity index (χ3n) is 5.80. The molecule has 1 unspecified atom stereocenters. The summed E-state index contributed by atoms with van der Waals surface area (Å²) < 4.78 is 49.0. The Labute approximate surface area is 241 Å². The highest BCUT2D eigenvalue weighted by Gasteiger charge is 2.33. The predicted molar refractivity (Wildman–Crippen MR) is 154 cm³/mol. The van der Waals surface area contributed by atoms with Crippen molar-refractivity contribution in [3.63, 3.8) is 0 Å². The summed E-state index contributed by atoms with van der Waals surface area (Å²) in [5.74, 6) is -0.354. The average molecular weight is 584 g/mol. The van der Waals surface area contributed by atoms with Gasteiger partial charge in [-0.25, -0.2) is 0 Å². The van der Waals surface area contributed by atoms with E-state index in [0.29, 0.717) is 31.1 Å². The van der Waals surface area contributed by atoms with Gasteiger partial charge in [0.25, 0.3) is 0 Å². The number of aromatic hydroxyl groups is 1. The third-order valence-corrected chi connectivity index (χ3v) is 5.80. The standard InChI is InChI=1S/C23H26F3N5O3.C2H6O.2C2H6/c1-14-18(11-27)22(28-17-5-3-6-31(12-17)7-4-8-32)30-29-21(14)20-15(13-34-2)9-16(10-19(20)33)23(24,25)26;1-3-2;2*1-2/h8-10,17,33H,3-7,12-13H2,1-2H3,(H,28,30);1-2H3;2*1-2H3. The van der Waals surface area contributed by atoms with E-state index in [1.807, 2.05) is 27.7 Å². The lowest BCUT2D eigenvalue weighted by Gasteiger charge is -2.33. The lowest BCUT2D eigenvalue weighted by Crippen LogP contribution is -2.42. The Morgan fingerprint density at radius 2 is 1.83 bits per heavy atom. The predicted octanol–water partition coefficient (Wildman–Crippen LogP) is 5.97. The highest BCUT2D eigenvalue weighted by atomic mass is 19.4. The number of rotatable bonds is 8. The Kier molecular flexibility index (Phi) is 18.2. The van der Waals surface area contributed by atoms with Crippen LogP contribution in [0.3, 0.4) is 0 Å². The first-order valence-corrected chi connectivity index (χ1v) is 13.6. The number of aldehydes is 1. The highest BCUT2D eigenvalue weighted by Crippen LogP contribution is 2.40. The number of hydrogen-bond donors (Lipinski definition) is 2. The van der Waals surface area contributed by atoms with Crippen molar-refractivity contribution < 1.29 is 32.5 Å². The van der Waals surface area contributed by atoms with E-state index < -0.39 is 17.5 Å². The van der Waals surface area contributed by atoms with Crippen molar-refractivity contribution in [1.82, 2.24) is 15.1 Å². The molecule has 1 aromatic heterocycles. The zero-order valence-corrected chi connectivity index (χ0v) is 25.4. The minimum absolute atomic E-state index is 0.00410. The molecule has 2 heterocycles. The Morgan fingerprint density at radius 1 is 1.20 bits per heavy atom. The van der Waals surface area contributed by atoms with Gasteiger partial charge in [-0.2, -0.15) is 18.4 Å². The van der Waals surface area contributed by atoms with Gasteiger partial charge >= 0.3 is 6.18 Å². The molecule has 1 aliphatic rings. The molecule has 1 aromatic carbocycles. The van der Waals surface area contributed by atoms with E-state index in [0.717, 1.165) is 31.7 Å². The lowest BCUT2D eigenvalue weighted by atomic mass is 9.95. The number of phenolic OH excluding ortho intramolecular Hbond substituents is 1. The van der Waals surface area contributed by atoms with E-state index in [4.69, 9.17) is 4.74 Å². The SMILES string of the molecule is CC.CC.COC.COCc1cc(C(F)(F)F)cc(O)c1-c1nnc(NC2CCCN(CCC=O)C2)c(C#N)c1C. The molecule has 1 aliphatic heterocycles. The van der Waals surface area contributed by atoms with Crippen LogP contribution in [0.5, 0.6) is 5.75 Å². The Morgan fingerprint density at radius 3 is 2.37 bits per heavy atom. The van der Waals surface area contributed by atoms with Crippen LogP contribution in [0.1, 0.15) is 69.2 Å². The molecule has 0 radical (unpaired) electrons. The van der Waals surface area contributed by atoms with Gasteiger partial charge in [-0.05, 0) is 49.6 Å². The number of anilines is 1. The molecule has 0 bridgehead atoms. The van der Waals surface area contributed by atoms with Crippen LogP contribution in [0.4, 0.5) is 19.0 Å². The van der Waals surface area contributed by atoms with Crippen molar-refractivity contribution in [1.29, 1.82) is 5.26 Å². The van der Waals surface area contributed by atoms with Crippen molar-refractivity contribution in [3.8, 4) is 23.1 Å². The molecule has 9 nitrogen and oxygen atoms in total. The minimum Gasteiger partial charge on any atom is -0.507 e. The van der Waals surface area contributed by atoms with Crippen molar-refractivity contribution in [2.75, 3.05) is 46.3 Å². The molecule has 2 N–H and O–H groups in total. The van der Waals surface area contributed by atoms with Crippen molar-refractivity contribution in [2.45, 2.75) is 72.7 Å². The summed E-state index contributed by atoms with van der Waals surface area (Å²) >= 11 is 0. The number of phenols is 1. The number of carbonyl (C=O) groups is 1. The topological polar surface area (TPSA) is 121 Å². The van der Waals surface area contributed by atoms with Gasteiger partial charge in [0.05, 0.1) is 12.2 Å². The summed E-state index contributed by atoms with van der Waals surface area (Å²) in [7, 11) is 4.58. The summed E-state index contributed by atoms with van der Waals surface area (Å²) in [6.07, 6.45) is -1.55. The monoisotopic (exact) mass is 583 g/mol. The van der Waals surface area contributed by atoms with Crippen LogP contribution in [0.2, 0.25) is 0 Å². The number of halogens is 3. The maximum Gasteiger partial charge on any atom is 0.416 e. The molecule has 2 aromatic rings. The van der Waals surface area contributed by atoms with Crippen LogP contribution in [0.25, 0.3) is 11.3 Å². The van der Waals surface area contributed by atoms with E-state index in [9.17, 15) is 28.3 Å². The molecule has 1 saturated heterocycles. The maximum atomic E-state index is 13.2. The summed E-state index contributed by atoms with van der Waals surface area (Å²) in [6.45, 7) is 11.6. The Bertz CT molecular complexity index is 1110. The second-order valence-electron chi connectivity index (χ2n) is 8.62. The molecule has 0 amide bonds. The number of carbonyl (C=O) groups excluding carboxylic acids is 1. The molecular weight excluding hydrogens is 539 g/mol. The molecule has 3 rings (SSSR count). The van der Waals surface area contributed by atoms with Crippen LogP contribution in [0.15, 0.2) is 12.1 Å². The quantitative estimate of drug-likeness (QED) is 0.362. The molecule has 230 valence electrons. The Balaban J connectivity index is 0.00000210. The van der Waals surface area contributed by atoms with Gasteiger partial charge < -0.3 is 29.6 Å². The van der Waals surface area contributed by atoms with Gasteiger partial charge in [-0.3, -0.25) is 0 Å². The number of piperidine rings is 1. The number of ether oxygens (including phenoxy) is 2. The number of likely N-dealkylation sites (tertiary alicyclic amines) is 1. The van der Waals surface area contributed by atoms with Gasteiger partial charge in [-0.1, -0.05) is 27.7 Å². The normalized spacial score (nSPS) is 14.6. The fraction of sp³-hybridized carbons (Fsp3) is 0.586. The number of nitrogens with one attached hydrogen (secondary N) is 1. The van der Waals surface area contributed by atoms with Gasteiger partial charge in [0, 0.05) is 52.4 Å². The molecule has 41 heavy (non-hydrogen) atoms. The van der Waals surface area contributed by atoms with Gasteiger partial charge in [0.1, 0.15) is 29.4 Å². The van der Waals surface area contributed by atoms with Crippen LogP contribution < -0.4 is 5.32 Å². The van der Waals surface area contributed by atoms with Crippen LogP contribution in [0, 0.1) is 18.3 Å².